The van der Waals surface area contributed by atoms with Crippen molar-refractivity contribution in [1.82, 2.24) is 0 Å². The second-order valence-corrected chi connectivity index (χ2v) is 3.86. The van der Waals surface area contributed by atoms with Gasteiger partial charge in [-0.05, 0) is 13.8 Å². The topological polar surface area (TPSA) is 25.8 Å². The molecule has 2 N–H and O–H groups in total. The third-order valence-electron chi connectivity index (χ3n) is 2.27. The van der Waals surface area contributed by atoms with Crippen molar-refractivity contribution in [3.05, 3.63) is 35.4 Å². The van der Waals surface area contributed by atoms with E-state index in [1.807, 2.05) is 0 Å². The molecule has 0 fully saturated rings. The van der Waals surface area contributed by atoms with E-state index in [0.717, 1.165) is 13.2 Å². The van der Waals surface area contributed by atoms with Crippen LogP contribution in [0.3, 0.4) is 0 Å². The molecule has 0 heterocycles. The van der Waals surface area contributed by atoms with Crippen molar-refractivity contribution in [2.45, 2.75) is 26.4 Å². The quantitative estimate of drug-likeness (QED) is 0.746. The highest BCUT2D eigenvalue weighted by atomic mass is 16.5. The highest BCUT2D eigenvalue weighted by molar-refractivity contribution is 5.21. The Hall–Kier alpha value is -0.860. The van der Waals surface area contributed by atoms with Crippen molar-refractivity contribution in [1.29, 1.82) is 0 Å². The third kappa shape index (κ3) is 3.90. The molecule has 2 heteroatoms. The molecule has 0 aliphatic rings. The van der Waals surface area contributed by atoms with Crippen LogP contribution >= 0.6 is 0 Å². The lowest BCUT2D eigenvalue weighted by atomic mass is 10.1. The molecule has 0 aliphatic carbocycles. The van der Waals surface area contributed by atoms with Gasteiger partial charge >= 0.3 is 0 Å². The summed E-state index contributed by atoms with van der Waals surface area (Å²) in [6.07, 6.45) is 0. The van der Waals surface area contributed by atoms with E-state index in [1.54, 1.807) is 7.11 Å². The van der Waals surface area contributed by atoms with Crippen molar-refractivity contribution < 1.29 is 10.1 Å². The van der Waals surface area contributed by atoms with Gasteiger partial charge in [0.1, 0.15) is 12.6 Å². The van der Waals surface area contributed by atoms with E-state index in [-0.39, 0.29) is 0 Å². The summed E-state index contributed by atoms with van der Waals surface area (Å²) >= 11 is 0. The summed E-state index contributed by atoms with van der Waals surface area (Å²) in [5.74, 6) is 0. The first kappa shape index (κ1) is 11.2. The Bertz CT molecular complexity index is 273. The highest BCUT2D eigenvalue weighted by Gasteiger charge is 2.03. The van der Waals surface area contributed by atoms with Crippen molar-refractivity contribution >= 4 is 0 Å². The molecule has 0 unspecified atom stereocenters. The fourth-order valence-electron chi connectivity index (χ4n) is 1.51. The molecular weight excluding hydrogens is 174 g/mol. The van der Waals surface area contributed by atoms with Gasteiger partial charge in [-0.3, -0.25) is 0 Å². The van der Waals surface area contributed by atoms with Crippen LogP contribution < -0.4 is 5.32 Å². The fraction of sp³-hybridized carbons (Fsp3) is 0.500. The molecule has 0 aliphatic heterocycles. The van der Waals surface area contributed by atoms with E-state index in [0.29, 0.717) is 6.04 Å². The monoisotopic (exact) mass is 194 g/mol. The van der Waals surface area contributed by atoms with Crippen molar-refractivity contribution in [3.8, 4) is 0 Å². The first-order chi connectivity index (χ1) is 6.72. The first-order valence-corrected chi connectivity index (χ1v) is 5.10. The Labute approximate surface area is 86.3 Å². The molecule has 0 amide bonds. The summed E-state index contributed by atoms with van der Waals surface area (Å²) in [6.45, 7) is 6.15. The molecule has 0 aromatic heterocycles. The summed E-state index contributed by atoms with van der Waals surface area (Å²) < 4.78 is 5.08. The smallest absolute Gasteiger partial charge is 0.107 e. The van der Waals surface area contributed by atoms with Crippen LogP contribution in [0.4, 0.5) is 0 Å². The maximum Gasteiger partial charge on any atom is 0.107 e. The van der Waals surface area contributed by atoms with E-state index >= 15 is 0 Å². The summed E-state index contributed by atoms with van der Waals surface area (Å²) in [7, 11) is 1.75. The standard InChI is InChI=1S/C12H19NO/c1-10-5-4-6-12(7-10)8-13-11(2)9-14-3/h4-7,11,13H,8-9H2,1-3H3/p+1/t11-/m1/s1. The molecule has 0 bridgehead atoms. The average molecular weight is 194 g/mol. The van der Waals surface area contributed by atoms with Gasteiger partial charge in [0.05, 0.1) is 6.61 Å². The van der Waals surface area contributed by atoms with Gasteiger partial charge in [0.2, 0.25) is 0 Å². The van der Waals surface area contributed by atoms with Gasteiger partial charge in [-0.1, -0.05) is 29.8 Å². The minimum atomic E-state index is 0.528. The molecule has 1 atom stereocenters. The zero-order chi connectivity index (χ0) is 10.4. The van der Waals surface area contributed by atoms with Crippen molar-refractivity contribution in [3.63, 3.8) is 0 Å². The third-order valence-corrected chi connectivity index (χ3v) is 2.27. The number of methoxy groups -OCH3 is 1. The summed E-state index contributed by atoms with van der Waals surface area (Å²) in [5, 5.41) is 2.30. The molecule has 1 aromatic rings. The number of nitrogens with two attached hydrogens (primary N) is 1. The molecule has 0 saturated carbocycles. The van der Waals surface area contributed by atoms with E-state index < -0.39 is 0 Å². The second-order valence-electron chi connectivity index (χ2n) is 3.86. The van der Waals surface area contributed by atoms with Crippen LogP contribution in [0.15, 0.2) is 24.3 Å². The van der Waals surface area contributed by atoms with Crippen molar-refractivity contribution in [2.75, 3.05) is 13.7 Å². The van der Waals surface area contributed by atoms with E-state index in [4.69, 9.17) is 4.74 Å². The molecule has 1 aromatic carbocycles. The maximum absolute atomic E-state index is 5.08. The number of benzene rings is 1. The second kappa shape index (κ2) is 5.78. The van der Waals surface area contributed by atoms with Gasteiger partial charge in [0, 0.05) is 12.7 Å². The Balaban J connectivity index is 2.37. The minimum Gasteiger partial charge on any atom is -0.379 e. The van der Waals surface area contributed by atoms with Crippen LogP contribution in [0.1, 0.15) is 18.1 Å². The largest absolute Gasteiger partial charge is 0.379 e. The zero-order valence-electron chi connectivity index (χ0n) is 9.29. The average Bonchev–Trinajstić information content (AvgIpc) is 2.15. The predicted molar refractivity (Wildman–Crippen MR) is 58.1 cm³/mol. The van der Waals surface area contributed by atoms with E-state index in [1.165, 1.54) is 11.1 Å². The Morgan fingerprint density at radius 3 is 2.86 bits per heavy atom. The zero-order valence-corrected chi connectivity index (χ0v) is 9.29. The number of aryl methyl sites for hydroxylation is 1. The lowest BCUT2D eigenvalue weighted by molar-refractivity contribution is -0.702. The normalized spacial score (nSPS) is 12.8. The van der Waals surface area contributed by atoms with Gasteiger partial charge in [-0.15, -0.1) is 0 Å². The van der Waals surface area contributed by atoms with Gasteiger partial charge < -0.3 is 10.1 Å². The van der Waals surface area contributed by atoms with E-state index in [9.17, 15) is 0 Å². The summed E-state index contributed by atoms with van der Waals surface area (Å²) in [5.41, 5.74) is 2.71. The molecule has 0 radical (unpaired) electrons. The number of ether oxygens (including phenoxy) is 1. The van der Waals surface area contributed by atoms with Gasteiger partial charge in [-0.25, -0.2) is 0 Å². The first-order valence-electron chi connectivity index (χ1n) is 5.10. The number of quaternary nitrogens is 1. The summed E-state index contributed by atoms with van der Waals surface area (Å²) in [4.78, 5) is 0. The Morgan fingerprint density at radius 2 is 2.21 bits per heavy atom. The van der Waals surface area contributed by atoms with Gasteiger partial charge in [0.15, 0.2) is 0 Å². The number of hydrogen-bond acceptors (Lipinski definition) is 1. The van der Waals surface area contributed by atoms with Gasteiger partial charge in [-0.2, -0.15) is 0 Å². The van der Waals surface area contributed by atoms with Crippen LogP contribution in [0, 0.1) is 6.92 Å². The molecular formula is C12H20NO+. The minimum absolute atomic E-state index is 0.528. The van der Waals surface area contributed by atoms with Crippen molar-refractivity contribution in [2.24, 2.45) is 0 Å². The lowest BCUT2D eigenvalue weighted by Crippen LogP contribution is -2.88. The van der Waals surface area contributed by atoms with Crippen LogP contribution in [-0.4, -0.2) is 19.8 Å². The lowest BCUT2D eigenvalue weighted by Gasteiger charge is -2.09. The fourth-order valence-corrected chi connectivity index (χ4v) is 1.51. The molecule has 0 spiro atoms. The SMILES string of the molecule is COC[C@@H](C)[NH2+]Cc1cccc(C)c1. The molecule has 0 saturated heterocycles. The number of rotatable bonds is 5. The van der Waals surface area contributed by atoms with Crippen LogP contribution in [0.2, 0.25) is 0 Å². The molecule has 2 nitrogen and oxygen atoms in total. The van der Waals surface area contributed by atoms with Crippen LogP contribution in [0.25, 0.3) is 0 Å². The maximum atomic E-state index is 5.08. The summed E-state index contributed by atoms with van der Waals surface area (Å²) in [6, 6.07) is 9.17. The number of hydrogen-bond donors (Lipinski definition) is 1. The van der Waals surface area contributed by atoms with E-state index in [2.05, 4.69) is 43.4 Å². The van der Waals surface area contributed by atoms with Crippen LogP contribution in [-0.2, 0) is 11.3 Å². The molecule has 78 valence electrons. The molecule has 14 heavy (non-hydrogen) atoms. The Morgan fingerprint density at radius 1 is 1.43 bits per heavy atom. The predicted octanol–water partition coefficient (Wildman–Crippen LogP) is 1.09. The van der Waals surface area contributed by atoms with Gasteiger partial charge in [0.25, 0.3) is 0 Å². The van der Waals surface area contributed by atoms with Crippen LogP contribution in [0.5, 0.6) is 0 Å². The Kier molecular flexibility index (Phi) is 4.63. The highest BCUT2D eigenvalue weighted by Crippen LogP contribution is 2.01. The molecule has 1 rings (SSSR count).